The largest absolute Gasteiger partial charge is 0.484 e. The first-order chi connectivity index (χ1) is 31.8. The third kappa shape index (κ3) is 29.2. The van der Waals surface area contributed by atoms with Gasteiger partial charge in [0.2, 0.25) is 5.91 Å². The Morgan fingerprint density at radius 3 is 1.71 bits per heavy atom. The van der Waals surface area contributed by atoms with Gasteiger partial charge in [0.05, 0.1) is 13.0 Å². The molecule has 0 saturated carbocycles. The van der Waals surface area contributed by atoms with E-state index in [1.165, 1.54) is 5.56 Å². The van der Waals surface area contributed by atoms with E-state index in [0.717, 1.165) is 81.8 Å². The van der Waals surface area contributed by atoms with Crippen LogP contribution in [0.2, 0.25) is 12.6 Å². The molecule has 0 aliphatic heterocycles. The van der Waals surface area contributed by atoms with E-state index in [0.29, 0.717) is 37.7 Å². The molecule has 5 N–H and O–H groups in total. The Morgan fingerprint density at radius 1 is 0.652 bits per heavy atom. The molecule has 0 heterocycles. The van der Waals surface area contributed by atoms with E-state index < -0.39 is 44.3 Å². The van der Waals surface area contributed by atoms with Crippen LogP contribution in [0.1, 0.15) is 90.0 Å². The summed E-state index contributed by atoms with van der Waals surface area (Å²) in [4.78, 5) is 60.9. The van der Waals surface area contributed by atoms with Crippen LogP contribution < -0.4 is 30.7 Å². The molecule has 0 bridgehead atoms. The van der Waals surface area contributed by atoms with Crippen LogP contribution in [0.15, 0.2) is 54.6 Å². The predicted molar refractivity (Wildman–Crippen MR) is 257 cm³/mol. The van der Waals surface area contributed by atoms with Crippen LogP contribution in [0.4, 0.5) is 14.4 Å². The van der Waals surface area contributed by atoms with Gasteiger partial charge in [-0.2, -0.15) is 11.8 Å². The summed E-state index contributed by atoms with van der Waals surface area (Å²) in [7, 11) is 1.44. The van der Waals surface area contributed by atoms with Gasteiger partial charge in [-0.05, 0) is 92.5 Å². The fourth-order valence-corrected chi connectivity index (χ4v) is 8.58. The van der Waals surface area contributed by atoms with E-state index in [2.05, 4.69) is 27.8 Å². The van der Waals surface area contributed by atoms with Gasteiger partial charge in [-0.15, -0.1) is 0 Å². The minimum absolute atomic E-state index is 0.00645. The highest BCUT2D eigenvalue weighted by atomic mass is 32.2. The lowest BCUT2D eigenvalue weighted by molar-refractivity contribution is -0.136. The Labute approximate surface area is 397 Å². The number of aliphatic hydroxyl groups excluding tert-OH is 1. The number of hydrogen-bond donors (Lipinski definition) is 5. The second-order valence-electron chi connectivity index (χ2n) is 16.7. The summed E-state index contributed by atoms with van der Waals surface area (Å²) >= 11 is 1.90. The molecule has 1 unspecified atom stereocenters. The van der Waals surface area contributed by atoms with Crippen molar-refractivity contribution in [2.45, 2.75) is 110 Å². The zero-order valence-corrected chi connectivity index (χ0v) is 41.6. The highest BCUT2D eigenvalue weighted by Crippen LogP contribution is 2.19. The molecule has 2 aromatic rings. The Morgan fingerprint density at radius 2 is 1.18 bits per heavy atom. The maximum absolute atomic E-state index is 12.3. The van der Waals surface area contributed by atoms with E-state index in [4.69, 9.17) is 32.5 Å². The van der Waals surface area contributed by atoms with Gasteiger partial charge in [-0.3, -0.25) is 9.59 Å². The topological polar surface area (TPSA) is 218 Å². The summed E-state index contributed by atoms with van der Waals surface area (Å²) in [6.07, 6.45) is 6.10. The molecule has 4 amide bonds. The monoisotopic (exact) mass is 964 g/mol. The van der Waals surface area contributed by atoms with E-state index in [1.54, 1.807) is 38.5 Å². The summed E-state index contributed by atoms with van der Waals surface area (Å²) in [5, 5.41) is 20.5. The maximum Gasteiger partial charge on any atom is 0.407 e. The number of aliphatic hydroxyl groups is 1. The van der Waals surface area contributed by atoms with Crippen LogP contribution in [0.25, 0.3) is 0 Å². The standard InChI is InChI=1S/C47H76N4O13SSi/c1-47(2,37-62-46(57)51-30-16-9-8-14-28-49-44(55)60-35-41(34-52)63-39-18-11-10-12-19-39)36-61-45(56)50-29-15-7-6-13-27-48-42(53)24-25-43(54)64-40-22-20-38(21-23-40)26-32-65-31-17-33-66(5,58-3)59-4/h10-12,18-23,41,52H,6-9,13-17,24-37H2,1-5H3,(H,48,53)(H,49,55)(H,50,56)(H,51,57). The van der Waals surface area contributed by atoms with Crippen LogP contribution in [-0.2, 0) is 39.1 Å². The number of nitrogens with one attached hydrogen (secondary N) is 4. The molecule has 372 valence electrons. The molecule has 0 spiro atoms. The fraction of sp³-hybridized carbons (Fsp3) is 0.638. The Hall–Kier alpha value is -4.56. The summed E-state index contributed by atoms with van der Waals surface area (Å²) in [6, 6.07) is 17.5. The van der Waals surface area contributed by atoms with Crippen molar-refractivity contribution in [3.63, 3.8) is 0 Å². The number of aryl methyl sites for hydroxylation is 1. The van der Waals surface area contributed by atoms with E-state index in [1.807, 2.05) is 55.9 Å². The average molecular weight is 965 g/mol. The van der Waals surface area contributed by atoms with Gasteiger partial charge < -0.3 is 58.9 Å². The zero-order valence-electron chi connectivity index (χ0n) is 39.8. The number of hydrogen-bond acceptors (Lipinski definition) is 14. The van der Waals surface area contributed by atoms with E-state index in [-0.39, 0.29) is 45.2 Å². The van der Waals surface area contributed by atoms with Crippen LogP contribution in [0.5, 0.6) is 11.5 Å². The first kappa shape index (κ1) is 57.6. The number of carbonyl (C=O) groups excluding carboxylic acids is 5. The Bertz CT molecular complexity index is 1660. The lowest BCUT2D eigenvalue weighted by Crippen LogP contribution is -2.35. The molecular formula is C47H76N4O13SSi. The normalized spacial score (nSPS) is 11.8. The number of alkyl carbamates (subject to hydrolysis) is 3. The molecule has 2 aromatic carbocycles. The second-order valence-corrected chi connectivity index (χ2v) is 21.5. The number of para-hydroxylation sites is 1. The summed E-state index contributed by atoms with van der Waals surface area (Å²) in [5.41, 5.74) is 0.582. The van der Waals surface area contributed by atoms with Gasteiger partial charge in [-0.1, -0.05) is 69.9 Å². The highest BCUT2D eigenvalue weighted by Gasteiger charge is 2.27. The molecule has 0 aliphatic carbocycles. The molecule has 19 heteroatoms. The van der Waals surface area contributed by atoms with Gasteiger partial charge >= 0.3 is 32.8 Å². The van der Waals surface area contributed by atoms with Crippen molar-refractivity contribution in [1.82, 2.24) is 21.3 Å². The smallest absolute Gasteiger partial charge is 0.407 e. The third-order valence-electron chi connectivity index (χ3n) is 10.2. The first-order valence-electron chi connectivity index (χ1n) is 23.0. The number of unbranched alkanes of at least 4 members (excludes halogenated alkanes) is 6. The number of amides is 4. The average Bonchev–Trinajstić information content (AvgIpc) is 3.31. The van der Waals surface area contributed by atoms with Gasteiger partial charge in [-0.25, -0.2) is 14.4 Å². The molecule has 2 rings (SSSR count). The minimum atomic E-state index is -2.00. The van der Waals surface area contributed by atoms with Gasteiger partial charge in [0.25, 0.3) is 0 Å². The fourth-order valence-electron chi connectivity index (χ4n) is 5.99. The summed E-state index contributed by atoms with van der Waals surface area (Å²) in [6.45, 7) is 7.33. The van der Waals surface area contributed by atoms with Gasteiger partial charge in [0.1, 0.15) is 31.3 Å². The van der Waals surface area contributed by atoms with Crippen molar-refractivity contribution in [2.24, 2.45) is 5.41 Å². The molecule has 0 fully saturated rings. The number of carbonyl (C=O) groups is 5. The van der Waals surface area contributed by atoms with E-state index in [9.17, 15) is 29.1 Å². The van der Waals surface area contributed by atoms with Crippen LogP contribution in [0, 0.1) is 5.41 Å². The highest BCUT2D eigenvalue weighted by molar-refractivity contribution is 7.99. The minimum Gasteiger partial charge on any atom is -0.484 e. The maximum atomic E-state index is 12.3. The summed E-state index contributed by atoms with van der Waals surface area (Å²) < 4.78 is 37.9. The van der Waals surface area contributed by atoms with Crippen molar-refractivity contribution in [3.8, 4) is 11.5 Å². The molecule has 0 aliphatic rings. The zero-order chi connectivity index (χ0) is 48.3. The molecular weight excluding hydrogens is 889 g/mol. The molecule has 17 nitrogen and oxygen atoms in total. The lowest BCUT2D eigenvalue weighted by Gasteiger charge is -2.23. The number of rotatable bonds is 36. The summed E-state index contributed by atoms with van der Waals surface area (Å²) in [5.74, 6) is 2.45. The number of benzene rings is 2. The van der Waals surface area contributed by atoms with Gasteiger partial charge in [0, 0.05) is 52.2 Å². The van der Waals surface area contributed by atoms with E-state index >= 15 is 0 Å². The predicted octanol–water partition coefficient (Wildman–Crippen LogP) is 7.28. The van der Waals surface area contributed by atoms with Crippen LogP contribution in [-0.4, -0.2) is 128 Å². The van der Waals surface area contributed by atoms with Crippen molar-refractivity contribution in [3.05, 3.63) is 60.2 Å². The van der Waals surface area contributed by atoms with Crippen molar-refractivity contribution in [1.29, 1.82) is 0 Å². The Balaban J connectivity index is 1.39. The number of esters is 1. The molecule has 0 radical (unpaired) electrons. The molecule has 0 aromatic heterocycles. The number of ether oxygens (including phenoxy) is 5. The van der Waals surface area contributed by atoms with Gasteiger partial charge in [0.15, 0.2) is 6.10 Å². The third-order valence-corrected chi connectivity index (χ3v) is 14.3. The quantitative estimate of drug-likeness (QED) is 0.0149. The van der Waals surface area contributed by atoms with Crippen LogP contribution >= 0.6 is 11.8 Å². The molecule has 0 saturated heterocycles. The molecule has 1 atom stereocenters. The van der Waals surface area contributed by atoms with Crippen molar-refractivity contribution >= 4 is 50.5 Å². The second kappa shape index (κ2) is 34.7. The van der Waals surface area contributed by atoms with Crippen LogP contribution in [0.3, 0.4) is 0 Å². The lowest BCUT2D eigenvalue weighted by atomic mass is 9.96. The number of thioether (sulfide) groups is 1. The van der Waals surface area contributed by atoms with Crippen molar-refractivity contribution < 1.29 is 61.6 Å². The van der Waals surface area contributed by atoms with Crippen molar-refractivity contribution in [2.75, 3.05) is 78.3 Å². The SMILES string of the molecule is CO[Si](C)(CCCSCCc1ccc(OC(=O)CCC(=O)NCCCCCCNC(=O)OCC(C)(C)COC(=O)NCCCCCCNC(=O)OCC(CO)Oc2ccccc2)cc1)OC. The molecule has 66 heavy (non-hydrogen) atoms. The first-order valence-corrected chi connectivity index (χ1v) is 26.7. The Kier molecular flexibility index (Phi) is 30.3.